The van der Waals surface area contributed by atoms with Crippen LogP contribution < -0.4 is 5.73 Å². The van der Waals surface area contributed by atoms with Crippen LogP contribution >= 0.6 is 0 Å². The molecule has 2 atom stereocenters. The Bertz CT molecular complexity index is 143. The van der Waals surface area contributed by atoms with E-state index in [1.807, 2.05) is 0 Å². The third-order valence-electron chi connectivity index (χ3n) is 3.03. The van der Waals surface area contributed by atoms with Crippen LogP contribution in [0.15, 0.2) is 0 Å². The van der Waals surface area contributed by atoms with Gasteiger partial charge in [-0.1, -0.05) is 6.42 Å². The molecule has 3 nitrogen and oxygen atoms in total. The summed E-state index contributed by atoms with van der Waals surface area (Å²) in [6.45, 7) is 3.75. The van der Waals surface area contributed by atoms with Gasteiger partial charge in [0.15, 0.2) is 0 Å². The molecule has 0 aliphatic carbocycles. The monoisotopic (exact) mass is 170 g/mol. The Balaban J connectivity index is 1.99. The number of ether oxygens (including phenoxy) is 1. The second kappa shape index (κ2) is 3.73. The summed E-state index contributed by atoms with van der Waals surface area (Å²) in [5.41, 5.74) is 5.69. The molecule has 2 aliphatic rings. The van der Waals surface area contributed by atoms with Crippen molar-refractivity contribution >= 4 is 0 Å². The van der Waals surface area contributed by atoms with Gasteiger partial charge in [-0.25, -0.2) is 0 Å². The Hall–Kier alpha value is -0.120. The summed E-state index contributed by atoms with van der Waals surface area (Å²) < 4.78 is 5.52. The van der Waals surface area contributed by atoms with Crippen molar-refractivity contribution in [1.29, 1.82) is 0 Å². The summed E-state index contributed by atoms with van der Waals surface area (Å²) in [4.78, 5) is 2.55. The highest BCUT2D eigenvalue weighted by atomic mass is 16.5. The van der Waals surface area contributed by atoms with Gasteiger partial charge in [0.25, 0.3) is 0 Å². The predicted molar refractivity (Wildman–Crippen MR) is 48.0 cm³/mol. The topological polar surface area (TPSA) is 38.5 Å². The van der Waals surface area contributed by atoms with E-state index in [2.05, 4.69) is 4.90 Å². The number of nitrogens with zero attached hydrogens (tertiary/aromatic N) is 1. The van der Waals surface area contributed by atoms with Crippen LogP contribution in [0.2, 0.25) is 0 Å². The van der Waals surface area contributed by atoms with E-state index in [1.54, 1.807) is 0 Å². The van der Waals surface area contributed by atoms with Crippen LogP contribution in [0.5, 0.6) is 0 Å². The number of hydrogen-bond donors (Lipinski definition) is 1. The van der Waals surface area contributed by atoms with Crippen LogP contribution in [-0.4, -0.2) is 43.3 Å². The normalized spacial score (nSPS) is 37.8. The zero-order valence-electron chi connectivity index (χ0n) is 7.54. The maximum Gasteiger partial charge on any atom is 0.0635 e. The summed E-state index contributed by atoms with van der Waals surface area (Å²) in [5, 5.41) is 0. The Morgan fingerprint density at radius 1 is 1.33 bits per heavy atom. The summed E-state index contributed by atoms with van der Waals surface area (Å²) in [6, 6.07) is 1.16. The summed E-state index contributed by atoms with van der Waals surface area (Å²) >= 11 is 0. The first kappa shape index (κ1) is 8.48. The van der Waals surface area contributed by atoms with Crippen LogP contribution in [-0.2, 0) is 4.74 Å². The number of rotatable bonds is 1. The van der Waals surface area contributed by atoms with Gasteiger partial charge in [0.05, 0.1) is 13.2 Å². The first-order chi connectivity index (χ1) is 5.92. The fourth-order valence-corrected chi connectivity index (χ4v) is 2.32. The van der Waals surface area contributed by atoms with Crippen LogP contribution in [0.25, 0.3) is 0 Å². The minimum atomic E-state index is 0.490. The first-order valence-corrected chi connectivity index (χ1v) is 4.95. The number of fused-ring (bicyclic) bond motifs is 1. The van der Waals surface area contributed by atoms with Crippen LogP contribution in [0.4, 0.5) is 0 Å². The molecule has 0 saturated carbocycles. The average Bonchev–Trinajstić information content (AvgIpc) is 2.17. The van der Waals surface area contributed by atoms with Gasteiger partial charge in [0.1, 0.15) is 0 Å². The number of nitrogens with two attached hydrogens (primary N) is 1. The Morgan fingerprint density at radius 3 is 3.08 bits per heavy atom. The van der Waals surface area contributed by atoms with Crippen LogP contribution in [0.1, 0.15) is 19.3 Å². The predicted octanol–water partition coefficient (Wildman–Crippen LogP) is 0.198. The molecule has 3 heteroatoms. The Morgan fingerprint density at radius 2 is 2.25 bits per heavy atom. The molecule has 12 heavy (non-hydrogen) atoms. The summed E-state index contributed by atoms with van der Waals surface area (Å²) in [7, 11) is 0. The largest absolute Gasteiger partial charge is 0.378 e. The van der Waals surface area contributed by atoms with Crippen molar-refractivity contribution in [3.63, 3.8) is 0 Å². The molecule has 2 rings (SSSR count). The van der Waals surface area contributed by atoms with E-state index in [1.165, 1.54) is 25.8 Å². The molecular weight excluding hydrogens is 152 g/mol. The third kappa shape index (κ3) is 1.49. The second-order valence-corrected chi connectivity index (χ2v) is 3.81. The summed E-state index contributed by atoms with van der Waals surface area (Å²) in [5.74, 6) is 0. The molecule has 0 aromatic rings. The van der Waals surface area contributed by atoms with E-state index in [0.717, 1.165) is 19.8 Å². The molecule has 2 N–H and O–H groups in total. The number of hydrogen-bond acceptors (Lipinski definition) is 3. The van der Waals surface area contributed by atoms with Gasteiger partial charge < -0.3 is 10.5 Å². The minimum Gasteiger partial charge on any atom is -0.378 e. The molecule has 0 aromatic carbocycles. The van der Waals surface area contributed by atoms with E-state index in [-0.39, 0.29) is 0 Å². The van der Waals surface area contributed by atoms with Gasteiger partial charge in [0.2, 0.25) is 0 Å². The lowest BCUT2D eigenvalue weighted by molar-refractivity contribution is -0.0604. The molecule has 0 aromatic heterocycles. The SMILES string of the molecule is NCC1COCC2CCCCN12. The molecule has 0 bridgehead atoms. The average molecular weight is 170 g/mol. The molecule has 2 unspecified atom stereocenters. The molecule has 0 amide bonds. The molecule has 2 heterocycles. The van der Waals surface area contributed by atoms with E-state index in [0.29, 0.717) is 12.1 Å². The van der Waals surface area contributed by atoms with Crippen molar-refractivity contribution in [3.05, 3.63) is 0 Å². The van der Waals surface area contributed by atoms with Gasteiger partial charge in [-0.3, -0.25) is 4.90 Å². The summed E-state index contributed by atoms with van der Waals surface area (Å²) in [6.07, 6.45) is 4.01. The molecule has 0 radical (unpaired) electrons. The van der Waals surface area contributed by atoms with E-state index in [9.17, 15) is 0 Å². The first-order valence-electron chi connectivity index (χ1n) is 4.95. The van der Waals surface area contributed by atoms with Gasteiger partial charge >= 0.3 is 0 Å². The fraction of sp³-hybridized carbons (Fsp3) is 1.00. The van der Waals surface area contributed by atoms with Crippen molar-refractivity contribution in [1.82, 2.24) is 4.90 Å². The second-order valence-electron chi connectivity index (χ2n) is 3.81. The lowest BCUT2D eigenvalue weighted by Crippen LogP contribution is -2.56. The third-order valence-corrected chi connectivity index (χ3v) is 3.03. The zero-order chi connectivity index (χ0) is 8.39. The lowest BCUT2D eigenvalue weighted by atomic mass is 9.99. The quantitative estimate of drug-likeness (QED) is 0.611. The van der Waals surface area contributed by atoms with Crippen molar-refractivity contribution in [2.75, 3.05) is 26.3 Å². The van der Waals surface area contributed by atoms with Crippen molar-refractivity contribution in [2.45, 2.75) is 31.3 Å². The van der Waals surface area contributed by atoms with Crippen molar-refractivity contribution < 1.29 is 4.74 Å². The van der Waals surface area contributed by atoms with Crippen LogP contribution in [0.3, 0.4) is 0 Å². The van der Waals surface area contributed by atoms with Crippen molar-refractivity contribution in [2.24, 2.45) is 5.73 Å². The molecule has 2 saturated heterocycles. The Labute approximate surface area is 73.9 Å². The van der Waals surface area contributed by atoms with E-state index < -0.39 is 0 Å². The fourth-order valence-electron chi connectivity index (χ4n) is 2.32. The molecule has 0 spiro atoms. The molecule has 2 aliphatic heterocycles. The lowest BCUT2D eigenvalue weighted by Gasteiger charge is -2.44. The van der Waals surface area contributed by atoms with E-state index >= 15 is 0 Å². The van der Waals surface area contributed by atoms with Gasteiger partial charge in [-0.05, 0) is 19.4 Å². The number of morpholine rings is 1. The van der Waals surface area contributed by atoms with E-state index in [4.69, 9.17) is 10.5 Å². The number of piperidine rings is 1. The molecule has 2 fully saturated rings. The van der Waals surface area contributed by atoms with Crippen molar-refractivity contribution in [3.8, 4) is 0 Å². The van der Waals surface area contributed by atoms with Gasteiger partial charge in [-0.15, -0.1) is 0 Å². The highest BCUT2D eigenvalue weighted by Gasteiger charge is 2.31. The smallest absolute Gasteiger partial charge is 0.0635 e. The highest BCUT2D eigenvalue weighted by molar-refractivity contribution is 4.86. The standard InChI is InChI=1S/C9H18N2O/c10-5-9-7-12-6-8-3-1-2-4-11(8)9/h8-9H,1-7,10H2. The maximum absolute atomic E-state index is 5.69. The van der Waals surface area contributed by atoms with Crippen LogP contribution in [0, 0.1) is 0 Å². The zero-order valence-corrected chi connectivity index (χ0v) is 7.54. The molecular formula is C9H18N2O. The van der Waals surface area contributed by atoms with Gasteiger partial charge in [-0.2, -0.15) is 0 Å². The van der Waals surface area contributed by atoms with Gasteiger partial charge in [0, 0.05) is 18.6 Å². The Kier molecular flexibility index (Phi) is 2.63. The molecule has 70 valence electrons. The maximum atomic E-state index is 5.69. The minimum absolute atomic E-state index is 0.490. The highest BCUT2D eigenvalue weighted by Crippen LogP contribution is 2.22.